The molecule has 4 rings (SSSR count). The molecule has 2 atom stereocenters. The fourth-order valence-electron chi connectivity index (χ4n) is 3.92. The van der Waals surface area contributed by atoms with E-state index >= 15 is 0 Å². The first-order valence-electron chi connectivity index (χ1n) is 8.18. The van der Waals surface area contributed by atoms with Gasteiger partial charge in [-0.1, -0.05) is 19.9 Å². The number of ketones is 1. The van der Waals surface area contributed by atoms with Crippen LogP contribution in [0.3, 0.4) is 0 Å². The summed E-state index contributed by atoms with van der Waals surface area (Å²) in [6, 6.07) is 3.84. The van der Waals surface area contributed by atoms with Crippen LogP contribution in [0.2, 0.25) is 0 Å². The van der Waals surface area contributed by atoms with Gasteiger partial charge in [0.25, 0.3) is 0 Å². The Balaban J connectivity index is 2.00. The van der Waals surface area contributed by atoms with Crippen LogP contribution < -0.4 is 11.1 Å². The number of carbonyl (C=O) groups is 1. The minimum atomic E-state index is -0.309. The zero-order valence-electron chi connectivity index (χ0n) is 14.0. The smallest absolute Gasteiger partial charge is 0.200 e. The van der Waals surface area contributed by atoms with E-state index in [0.717, 1.165) is 16.8 Å². The second-order valence-electron chi connectivity index (χ2n) is 7.31. The summed E-state index contributed by atoms with van der Waals surface area (Å²) in [4.78, 5) is 24.5. The number of allylic oxidation sites excluding steroid dienone is 2. The van der Waals surface area contributed by atoms with Gasteiger partial charge >= 0.3 is 0 Å². The molecule has 0 fully saturated rings. The van der Waals surface area contributed by atoms with Crippen molar-refractivity contribution in [1.29, 1.82) is 0 Å². The van der Waals surface area contributed by atoms with Gasteiger partial charge in [0, 0.05) is 36.0 Å². The standard InChI is InChI=1S/C18H19N5OS/c1-18(2)7-10-13(11(24)8-18)12(9-3-5-20-6-4-9)14-15(19)22-17(25)23-16(14)21-10/h3-7,12-13H,8H2,1-2H3,(H4,19,21,22,23,25)/t12-,13-/m1/s1. The summed E-state index contributed by atoms with van der Waals surface area (Å²) in [5, 5.41) is 3.31. The highest BCUT2D eigenvalue weighted by molar-refractivity contribution is 7.71. The van der Waals surface area contributed by atoms with Crippen LogP contribution in [-0.4, -0.2) is 20.7 Å². The molecular formula is C18H19N5OS. The number of Topliss-reactive ketones (excluding diaryl/α,β-unsaturated/α-hetero) is 1. The molecule has 0 amide bonds. The topological polar surface area (TPSA) is 96.7 Å². The first kappa shape index (κ1) is 16.0. The summed E-state index contributed by atoms with van der Waals surface area (Å²) in [7, 11) is 0. The molecule has 1 aliphatic heterocycles. The third-order valence-corrected chi connectivity index (χ3v) is 5.02. The Kier molecular flexibility index (Phi) is 3.50. The van der Waals surface area contributed by atoms with Gasteiger partial charge in [0.1, 0.15) is 17.4 Å². The van der Waals surface area contributed by atoms with E-state index in [2.05, 4.69) is 40.2 Å². The van der Waals surface area contributed by atoms with Crippen LogP contribution in [0.1, 0.15) is 37.3 Å². The van der Waals surface area contributed by atoms with Gasteiger partial charge in [-0.05, 0) is 35.3 Å². The quantitative estimate of drug-likeness (QED) is 0.682. The summed E-state index contributed by atoms with van der Waals surface area (Å²) < 4.78 is 0.317. The number of nitrogens with one attached hydrogen (secondary N) is 2. The van der Waals surface area contributed by atoms with Crippen molar-refractivity contribution in [3.05, 3.63) is 52.2 Å². The molecule has 25 heavy (non-hydrogen) atoms. The van der Waals surface area contributed by atoms with Crippen LogP contribution in [0, 0.1) is 16.1 Å². The fourth-order valence-corrected chi connectivity index (χ4v) is 4.12. The molecule has 0 bridgehead atoms. The van der Waals surface area contributed by atoms with Crippen LogP contribution >= 0.6 is 12.2 Å². The zero-order valence-corrected chi connectivity index (χ0v) is 14.9. The van der Waals surface area contributed by atoms with Crippen molar-refractivity contribution in [2.24, 2.45) is 11.3 Å². The fraction of sp³-hybridized carbons (Fsp3) is 0.333. The molecular weight excluding hydrogens is 334 g/mol. The predicted molar refractivity (Wildman–Crippen MR) is 98.5 cm³/mol. The Bertz CT molecular complexity index is 948. The highest BCUT2D eigenvalue weighted by atomic mass is 32.1. The van der Waals surface area contributed by atoms with E-state index in [4.69, 9.17) is 18.0 Å². The Morgan fingerprint density at radius 1 is 1.28 bits per heavy atom. The number of hydrogen-bond donors (Lipinski definition) is 3. The van der Waals surface area contributed by atoms with E-state index in [0.29, 0.717) is 22.8 Å². The third kappa shape index (κ3) is 2.64. The van der Waals surface area contributed by atoms with Crippen molar-refractivity contribution in [3.8, 4) is 0 Å². The second kappa shape index (κ2) is 5.49. The number of anilines is 2. The molecule has 0 radical (unpaired) electrons. The van der Waals surface area contributed by atoms with Gasteiger partial charge in [0.15, 0.2) is 4.77 Å². The molecule has 0 spiro atoms. The van der Waals surface area contributed by atoms with E-state index in [1.165, 1.54) is 0 Å². The number of rotatable bonds is 1. The molecule has 0 saturated carbocycles. The zero-order chi connectivity index (χ0) is 17.8. The first-order valence-corrected chi connectivity index (χ1v) is 8.59. The number of pyridine rings is 1. The van der Waals surface area contributed by atoms with Gasteiger partial charge in [-0.15, -0.1) is 0 Å². The number of aromatic nitrogens is 3. The van der Waals surface area contributed by atoms with E-state index in [-0.39, 0.29) is 23.0 Å². The van der Waals surface area contributed by atoms with Gasteiger partial charge < -0.3 is 16.0 Å². The van der Waals surface area contributed by atoms with Crippen LogP contribution in [-0.2, 0) is 4.79 Å². The van der Waals surface area contributed by atoms with Crippen molar-refractivity contribution in [1.82, 2.24) is 15.0 Å². The molecule has 0 saturated heterocycles. The van der Waals surface area contributed by atoms with E-state index < -0.39 is 0 Å². The molecule has 2 aromatic rings. The Morgan fingerprint density at radius 2 is 2.00 bits per heavy atom. The van der Waals surface area contributed by atoms with Crippen LogP contribution in [0.4, 0.5) is 11.6 Å². The average Bonchev–Trinajstić information content (AvgIpc) is 2.52. The molecule has 0 aromatic carbocycles. The van der Waals surface area contributed by atoms with Gasteiger partial charge in [0.2, 0.25) is 0 Å². The van der Waals surface area contributed by atoms with E-state index in [1.807, 2.05) is 12.1 Å². The molecule has 1 aliphatic carbocycles. The summed E-state index contributed by atoms with van der Waals surface area (Å²) in [5.41, 5.74) is 8.70. The number of H-pyrrole nitrogens is 1. The number of nitrogens with two attached hydrogens (primary N) is 1. The van der Waals surface area contributed by atoms with Gasteiger partial charge in [-0.25, -0.2) is 4.98 Å². The lowest BCUT2D eigenvalue weighted by atomic mass is 9.67. The summed E-state index contributed by atoms with van der Waals surface area (Å²) in [5.74, 6) is 0.742. The Morgan fingerprint density at radius 3 is 2.72 bits per heavy atom. The number of carbonyl (C=O) groups excluding carboxylic acids is 1. The van der Waals surface area contributed by atoms with Crippen molar-refractivity contribution >= 4 is 29.6 Å². The minimum Gasteiger partial charge on any atom is -0.385 e. The highest BCUT2D eigenvalue weighted by Gasteiger charge is 2.45. The van der Waals surface area contributed by atoms with E-state index in [9.17, 15) is 4.79 Å². The molecule has 7 heteroatoms. The van der Waals surface area contributed by atoms with E-state index in [1.54, 1.807) is 12.4 Å². The number of hydrogen-bond acceptors (Lipinski definition) is 6. The third-order valence-electron chi connectivity index (χ3n) is 4.83. The molecule has 6 nitrogen and oxygen atoms in total. The molecule has 3 heterocycles. The van der Waals surface area contributed by atoms with Crippen LogP contribution in [0.5, 0.6) is 0 Å². The van der Waals surface area contributed by atoms with Crippen molar-refractivity contribution < 1.29 is 4.79 Å². The van der Waals surface area contributed by atoms with Crippen LogP contribution in [0.15, 0.2) is 36.3 Å². The second-order valence-corrected chi connectivity index (χ2v) is 7.70. The molecule has 4 N–H and O–H groups in total. The summed E-state index contributed by atoms with van der Waals surface area (Å²) >= 11 is 5.17. The molecule has 2 aromatic heterocycles. The molecule has 2 aliphatic rings. The van der Waals surface area contributed by atoms with Crippen molar-refractivity contribution in [3.63, 3.8) is 0 Å². The molecule has 0 unspecified atom stereocenters. The Labute approximate surface area is 150 Å². The monoisotopic (exact) mass is 353 g/mol. The van der Waals surface area contributed by atoms with Crippen molar-refractivity contribution in [2.75, 3.05) is 11.1 Å². The molecule has 128 valence electrons. The number of nitrogen functional groups attached to an aromatic ring is 1. The lowest BCUT2D eigenvalue weighted by molar-refractivity contribution is -0.124. The maximum atomic E-state index is 13.0. The lowest BCUT2D eigenvalue weighted by Gasteiger charge is -2.41. The Hall–Kier alpha value is -2.54. The van der Waals surface area contributed by atoms with Gasteiger partial charge in [0.05, 0.1) is 5.92 Å². The number of aromatic amines is 1. The maximum absolute atomic E-state index is 13.0. The maximum Gasteiger partial charge on any atom is 0.200 e. The lowest BCUT2D eigenvalue weighted by Crippen LogP contribution is -2.39. The average molecular weight is 353 g/mol. The SMILES string of the molecule is CC1(C)C=C2Nc3nc(=S)[nH]c(N)c3[C@H](c3ccncc3)[C@H]2C(=O)C1. The van der Waals surface area contributed by atoms with Crippen LogP contribution in [0.25, 0.3) is 0 Å². The first-order chi connectivity index (χ1) is 11.9. The summed E-state index contributed by atoms with van der Waals surface area (Å²) in [6.45, 7) is 4.12. The normalized spacial score (nSPS) is 23.9. The number of fused-ring (bicyclic) bond motifs is 2. The minimum absolute atomic E-state index is 0.195. The van der Waals surface area contributed by atoms with Gasteiger partial charge in [-0.2, -0.15) is 0 Å². The van der Waals surface area contributed by atoms with Crippen molar-refractivity contribution in [2.45, 2.75) is 26.2 Å². The number of nitrogens with zero attached hydrogens (tertiary/aromatic N) is 2. The van der Waals surface area contributed by atoms with Gasteiger partial charge in [-0.3, -0.25) is 9.78 Å². The summed E-state index contributed by atoms with van der Waals surface area (Å²) in [6.07, 6.45) is 6.09. The largest absolute Gasteiger partial charge is 0.385 e. The highest BCUT2D eigenvalue weighted by Crippen LogP contribution is 2.49. The predicted octanol–water partition coefficient (Wildman–Crippen LogP) is 3.17.